The van der Waals surface area contributed by atoms with Crippen molar-refractivity contribution >= 4 is 11.7 Å². The van der Waals surface area contributed by atoms with E-state index in [1.807, 2.05) is 10.7 Å². The molecule has 1 atom stereocenters. The third-order valence-corrected chi connectivity index (χ3v) is 3.99. The average Bonchev–Trinajstić information content (AvgIpc) is 3.07. The lowest BCUT2D eigenvalue weighted by Crippen LogP contribution is -2.39. The van der Waals surface area contributed by atoms with E-state index in [0.29, 0.717) is 11.5 Å². The van der Waals surface area contributed by atoms with E-state index in [2.05, 4.69) is 25.3 Å². The Balaban J connectivity index is 1.76. The molecule has 0 bridgehead atoms. The Hall–Kier alpha value is -2.44. The molecule has 0 saturated carbocycles. The third-order valence-electron chi connectivity index (χ3n) is 3.99. The second-order valence-electron chi connectivity index (χ2n) is 5.53. The predicted octanol–water partition coefficient (Wildman–Crippen LogP) is 0.949. The molecular weight excluding hydrogens is 280 g/mol. The maximum absolute atomic E-state index is 12.0. The molecular formula is C15H20N6O. The van der Waals surface area contributed by atoms with Gasteiger partial charge >= 0.3 is 0 Å². The van der Waals surface area contributed by atoms with Crippen molar-refractivity contribution in [3.8, 4) is 0 Å². The summed E-state index contributed by atoms with van der Waals surface area (Å²) in [4.78, 5) is 22.6. The Morgan fingerprint density at radius 1 is 1.50 bits per heavy atom. The molecule has 0 radical (unpaired) electrons. The first kappa shape index (κ1) is 14.5. The Morgan fingerprint density at radius 3 is 3.18 bits per heavy atom. The van der Waals surface area contributed by atoms with Crippen LogP contribution >= 0.6 is 0 Å². The van der Waals surface area contributed by atoms with E-state index in [-0.39, 0.29) is 5.91 Å². The van der Waals surface area contributed by atoms with Gasteiger partial charge in [0.15, 0.2) is 0 Å². The summed E-state index contributed by atoms with van der Waals surface area (Å²) in [5.74, 6) is 1.15. The number of nitrogens with zero attached hydrogens (tertiary/aromatic N) is 5. The van der Waals surface area contributed by atoms with Gasteiger partial charge in [-0.3, -0.25) is 9.48 Å². The van der Waals surface area contributed by atoms with Crippen molar-refractivity contribution in [1.82, 2.24) is 25.1 Å². The van der Waals surface area contributed by atoms with Gasteiger partial charge in [0.25, 0.3) is 5.91 Å². The van der Waals surface area contributed by atoms with Gasteiger partial charge in [-0.1, -0.05) is 0 Å². The number of hydrogen-bond donors (Lipinski definition) is 1. The number of carbonyl (C=O) groups excluding carboxylic acids is 1. The molecule has 0 spiro atoms. The molecule has 116 valence electrons. The molecule has 1 N–H and O–H groups in total. The molecule has 2 aromatic heterocycles. The van der Waals surface area contributed by atoms with Gasteiger partial charge in [0.2, 0.25) is 0 Å². The number of piperidine rings is 1. The lowest BCUT2D eigenvalue weighted by atomic mass is 9.97. The van der Waals surface area contributed by atoms with Crippen LogP contribution in [0.3, 0.4) is 0 Å². The van der Waals surface area contributed by atoms with Crippen molar-refractivity contribution in [2.45, 2.75) is 19.4 Å². The number of amides is 1. The molecule has 1 amide bonds. The molecule has 1 saturated heterocycles. The second kappa shape index (κ2) is 6.55. The minimum absolute atomic E-state index is 0.0958. The highest BCUT2D eigenvalue weighted by Gasteiger charge is 2.24. The van der Waals surface area contributed by atoms with E-state index < -0.39 is 0 Å². The van der Waals surface area contributed by atoms with Crippen LogP contribution in [0.25, 0.3) is 0 Å². The van der Waals surface area contributed by atoms with E-state index in [0.717, 1.165) is 38.3 Å². The summed E-state index contributed by atoms with van der Waals surface area (Å²) >= 11 is 0. The maximum Gasteiger partial charge on any atom is 0.254 e. The number of pyridine rings is 1. The predicted molar refractivity (Wildman–Crippen MR) is 82.6 cm³/mol. The van der Waals surface area contributed by atoms with Gasteiger partial charge in [-0.2, -0.15) is 5.10 Å². The molecule has 0 aliphatic carbocycles. The number of hydrogen-bond acceptors (Lipinski definition) is 5. The highest BCUT2D eigenvalue weighted by Crippen LogP contribution is 2.25. The Labute approximate surface area is 129 Å². The van der Waals surface area contributed by atoms with Gasteiger partial charge in [-0.15, -0.1) is 0 Å². The Kier molecular flexibility index (Phi) is 4.32. The lowest BCUT2D eigenvalue weighted by Gasteiger charge is -2.34. The highest BCUT2D eigenvalue weighted by atomic mass is 16.1. The number of anilines is 1. The van der Waals surface area contributed by atoms with Crippen LogP contribution in [0.1, 0.15) is 23.2 Å². The van der Waals surface area contributed by atoms with E-state index >= 15 is 0 Å². The smallest absolute Gasteiger partial charge is 0.254 e. The summed E-state index contributed by atoms with van der Waals surface area (Å²) in [6, 6.07) is 3.62. The quantitative estimate of drug-likeness (QED) is 0.910. The molecule has 3 heterocycles. The molecule has 1 fully saturated rings. The van der Waals surface area contributed by atoms with Crippen LogP contribution in [-0.2, 0) is 6.54 Å². The topological polar surface area (TPSA) is 75.9 Å². The minimum atomic E-state index is -0.0958. The summed E-state index contributed by atoms with van der Waals surface area (Å²) in [6.45, 7) is 2.65. The molecule has 1 aliphatic heterocycles. The van der Waals surface area contributed by atoms with Crippen molar-refractivity contribution in [2.75, 3.05) is 25.0 Å². The van der Waals surface area contributed by atoms with Crippen LogP contribution in [0.2, 0.25) is 0 Å². The van der Waals surface area contributed by atoms with Crippen LogP contribution < -0.4 is 10.2 Å². The first-order chi connectivity index (χ1) is 10.8. The van der Waals surface area contributed by atoms with Crippen LogP contribution in [0.15, 0.2) is 31.0 Å². The molecule has 1 aliphatic rings. The van der Waals surface area contributed by atoms with Gasteiger partial charge in [-0.05, 0) is 30.9 Å². The molecule has 2 aromatic rings. The zero-order valence-electron chi connectivity index (χ0n) is 12.6. The van der Waals surface area contributed by atoms with E-state index in [9.17, 15) is 4.79 Å². The van der Waals surface area contributed by atoms with Crippen molar-refractivity contribution in [3.63, 3.8) is 0 Å². The standard InChI is InChI=1S/C15H20N6O/c1-16-15(22)13-5-2-6-18-14(13)20-7-3-4-12(8-20)9-21-11-17-10-19-21/h2,5-6,10-12H,3-4,7-9H2,1H3,(H,16,22). The molecule has 1 unspecified atom stereocenters. The van der Waals surface area contributed by atoms with Gasteiger partial charge < -0.3 is 10.2 Å². The number of carbonyl (C=O) groups is 1. The lowest BCUT2D eigenvalue weighted by molar-refractivity contribution is 0.0963. The summed E-state index contributed by atoms with van der Waals surface area (Å²) in [6.07, 6.45) is 7.28. The van der Waals surface area contributed by atoms with Crippen molar-refractivity contribution in [2.24, 2.45) is 5.92 Å². The van der Waals surface area contributed by atoms with E-state index in [1.165, 1.54) is 0 Å². The van der Waals surface area contributed by atoms with Crippen molar-refractivity contribution in [1.29, 1.82) is 0 Å². The first-order valence-corrected chi connectivity index (χ1v) is 7.52. The number of nitrogens with one attached hydrogen (secondary N) is 1. The fourth-order valence-electron chi connectivity index (χ4n) is 2.96. The average molecular weight is 300 g/mol. The molecule has 7 nitrogen and oxygen atoms in total. The SMILES string of the molecule is CNC(=O)c1cccnc1N1CCCC(Cn2cncn2)C1. The van der Waals surface area contributed by atoms with Gasteiger partial charge in [0.05, 0.1) is 5.56 Å². The van der Waals surface area contributed by atoms with Crippen molar-refractivity contribution in [3.05, 3.63) is 36.5 Å². The summed E-state index contributed by atoms with van der Waals surface area (Å²) in [7, 11) is 1.64. The zero-order chi connectivity index (χ0) is 15.4. The fourth-order valence-corrected chi connectivity index (χ4v) is 2.96. The van der Waals surface area contributed by atoms with Crippen LogP contribution in [-0.4, -0.2) is 45.8 Å². The number of aromatic nitrogens is 4. The van der Waals surface area contributed by atoms with Gasteiger partial charge in [-0.25, -0.2) is 9.97 Å². The molecule has 0 aromatic carbocycles. The summed E-state index contributed by atoms with van der Waals surface area (Å²) in [5.41, 5.74) is 0.631. The minimum Gasteiger partial charge on any atom is -0.356 e. The third kappa shape index (κ3) is 3.08. The zero-order valence-corrected chi connectivity index (χ0v) is 12.6. The monoisotopic (exact) mass is 300 g/mol. The molecule has 3 rings (SSSR count). The normalized spacial score (nSPS) is 18.2. The van der Waals surface area contributed by atoms with Crippen LogP contribution in [0.5, 0.6) is 0 Å². The summed E-state index contributed by atoms with van der Waals surface area (Å²) < 4.78 is 1.87. The van der Waals surface area contributed by atoms with Crippen molar-refractivity contribution < 1.29 is 4.79 Å². The first-order valence-electron chi connectivity index (χ1n) is 7.52. The van der Waals surface area contributed by atoms with Crippen LogP contribution in [0, 0.1) is 5.92 Å². The molecule has 7 heteroatoms. The fraction of sp³-hybridized carbons (Fsp3) is 0.467. The van der Waals surface area contributed by atoms with E-state index in [4.69, 9.17) is 0 Å². The van der Waals surface area contributed by atoms with E-state index in [1.54, 1.807) is 32.0 Å². The Morgan fingerprint density at radius 2 is 2.41 bits per heavy atom. The van der Waals surface area contributed by atoms with Gasteiger partial charge in [0, 0.05) is 32.9 Å². The molecule has 22 heavy (non-hydrogen) atoms. The van der Waals surface area contributed by atoms with Crippen LogP contribution in [0.4, 0.5) is 5.82 Å². The summed E-state index contributed by atoms with van der Waals surface area (Å²) in [5, 5.41) is 6.85. The second-order valence-corrected chi connectivity index (χ2v) is 5.53. The Bertz CT molecular complexity index is 627. The number of rotatable bonds is 4. The van der Waals surface area contributed by atoms with Gasteiger partial charge in [0.1, 0.15) is 18.5 Å². The largest absolute Gasteiger partial charge is 0.356 e. The highest BCUT2D eigenvalue weighted by molar-refractivity contribution is 5.98. The maximum atomic E-state index is 12.0.